The SMILES string of the molecule is Cc1ccc2c3c(C(N)=O)cccc3n(Cc3ccc(Br)cc3F)c2c1. The number of amides is 1. The summed E-state index contributed by atoms with van der Waals surface area (Å²) < 4.78 is 17.2. The van der Waals surface area contributed by atoms with Crippen molar-refractivity contribution in [3.8, 4) is 0 Å². The number of nitrogens with zero attached hydrogens (tertiary/aromatic N) is 1. The molecule has 2 N–H and O–H groups in total. The standard InChI is InChI=1S/C21H16BrFN2O/c1-12-5-8-15-19(9-12)25(11-13-6-7-14(22)10-17(13)23)18-4-2-3-16(20(15)18)21(24)26/h2-10H,11H2,1H3,(H2,24,26). The zero-order chi connectivity index (χ0) is 18.4. The molecular formula is C21H16BrFN2O. The van der Waals surface area contributed by atoms with Crippen molar-refractivity contribution in [2.24, 2.45) is 5.73 Å². The minimum Gasteiger partial charge on any atom is -0.366 e. The maximum absolute atomic E-state index is 14.4. The molecule has 0 atom stereocenters. The fourth-order valence-electron chi connectivity index (χ4n) is 3.45. The molecule has 130 valence electrons. The first-order valence-corrected chi connectivity index (χ1v) is 9.00. The third-order valence-electron chi connectivity index (χ3n) is 4.66. The third-order valence-corrected chi connectivity index (χ3v) is 5.15. The van der Waals surface area contributed by atoms with Gasteiger partial charge in [0.25, 0.3) is 0 Å². The first-order valence-electron chi connectivity index (χ1n) is 8.21. The largest absolute Gasteiger partial charge is 0.366 e. The van der Waals surface area contributed by atoms with Gasteiger partial charge in [-0.3, -0.25) is 4.79 Å². The van der Waals surface area contributed by atoms with Crippen molar-refractivity contribution in [2.45, 2.75) is 13.5 Å². The van der Waals surface area contributed by atoms with Gasteiger partial charge < -0.3 is 10.3 Å². The minimum absolute atomic E-state index is 0.270. The van der Waals surface area contributed by atoms with E-state index >= 15 is 0 Å². The first-order chi connectivity index (χ1) is 12.5. The fraction of sp³-hybridized carbons (Fsp3) is 0.0952. The lowest BCUT2D eigenvalue weighted by atomic mass is 10.1. The molecule has 0 bridgehead atoms. The quantitative estimate of drug-likeness (QED) is 0.498. The number of carbonyl (C=O) groups excluding carboxylic acids is 1. The van der Waals surface area contributed by atoms with Crippen LogP contribution in [0.1, 0.15) is 21.5 Å². The molecule has 0 aliphatic heterocycles. The second kappa shape index (κ2) is 6.25. The number of rotatable bonds is 3. The van der Waals surface area contributed by atoms with Crippen LogP contribution in [0.15, 0.2) is 59.1 Å². The van der Waals surface area contributed by atoms with Gasteiger partial charge in [0.15, 0.2) is 0 Å². The molecule has 1 heterocycles. The molecule has 0 aliphatic carbocycles. The van der Waals surface area contributed by atoms with E-state index in [4.69, 9.17) is 5.73 Å². The van der Waals surface area contributed by atoms with Gasteiger partial charge in [-0.05, 0) is 42.8 Å². The van der Waals surface area contributed by atoms with Crippen molar-refractivity contribution < 1.29 is 9.18 Å². The van der Waals surface area contributed by atoms with E-state index in [1.165, 1.54) is 6.07 Å². The Balaban J connectivity index is 2.05. The lowest BCUT2D eigenvalue weighted by Gasteiger charge is -2.10. The highest BCUT2D eigenvalue weighted by atomic mass is 79.9. The highest BCUT2D eigenvalue weighted by molar-refractivity contribution is 9.10. The number of nitrogens with two attached hydrogens (primary N) is 1. The number of carbonyl (C=O) groups is 1. The molecule has 4 aromatic rings. The van der Waals surface area contributed by atoms with Crippen LogP contribution in [0, 0.1) is 12.7 Å². The van der Waals surface area contributed by atoms with E-state index in [-0.39, 0.29) is 5.82 Å². The van der Waals surface area contributed by atoms with Crippen LogP contribution < -0.4 is 5.73 Å². The van der Waals surface area contributed by atoms with Crippen LogP contribution in [0.4, 0.5) is 4.39 Å². The molecule has 0 spiro atoms. The second-order valence-electron chi connectivity index (χ2n) is 6.41. The average Bonchev–Trinajstić information content (AvgIpc) is 2.90. The summed E-state index contributed by atoms with van der Waals surface area (Å²) >= 11 is 3.29. The number of hydrogen-bond acceptors (Lipinski definition) is 1. The zero-order valence-electron chi connectivity index (χ0n) is 14.1. The highest BCUT2D eigenvalue weighted by Crippen LogP contribution is 2.33. The molecule has 26 heavy (non-hydrogen) atoms. The minimum atomic E-state index is -0.468. The first kappa shape index (κ1) is 16.8. The lowest BCUT2D eigenvalue weighted by Crippen LogP contribution is -2.11. The van der Waals surface area contributed by atoms with Gasteiger partial charge in [0.2, 0.25) is 5.91 Å². The predicted molar refractivity (Wildman–Crippen MR) is 106 cm³/mol. The van der Waals surface area contributed by atoms with Gasteiger partial charge in [-0.2, -0.15) is 0 Å². The Hall–Kier alpha value is -2.66. The maximum atomic E-state index is 14.4. The molecular weight excluding hydrogens is 395 g/mol. The summed E-state index contributed by atoms with van der Waals surface area (Å²) in [6.45, 7) is 2.38. The van der Waals surface area contributed by atoms with Gasteiger partial charge in [-0.15, -0.1) is 0 Å². The van der Waals surface area contributed by atoms with Crippen LogP contribution in [0.3, 0.4) is 0 Å². The summed E-state index contributed by atoms with van der Waals surface area (Å²) in [6, 6.07) is 16.6. The smallest absolute Gasteiger partial charge is 0.249 e. The van der Waals surface area contributed by atoms with Gasteiger partial charge in [0.1, 0.15) is 5.82 Å². The van der Waals surface area contributed by atoms with E-state index in [0.717, 1.165) is 27.4 Å². The Morgan fingerprint density at radius 3 is 2.65 bits per heavy atom. The van der Waals surface area contributed by atoms with Crippen molar-refractivity contribution in [3.63, 3.8) is 0 Å². The molecule has 3 nitrogen and oxygen atoms in total. The van der Waals surface area contributed by atoms with Crippen molar-refractivity contribution in [2.75, 3.05) is 0 Å². The van der Waals surface area contributed by atoms with Crippen LogP contribution in [0.25, 0.3) is 21.8 Å². The van der Waals surface area contributed by atoms with Crippen molar-refractivity contribution in [1.82, 2.24) is 4.57 Å². The van der Waals surface area contributed by atoms with Crippen LogP contribution >= 0.6 is 15.9 Å². The number of fused-ring (bicyclic) bond motifs is 3. The van der Waals surface area contributed by atoms with Gasteiger partial charge in [-0.1, -0.05) is 40.2 Å². The molecule has 1 aromatic heterocycles. The van der Waals surface area contributed by atoms with E-state index in [1.54, 1.807) is 12.1 Å². The summed E-state index contributed by atoms with van der Waals surface area (Å²) in [4.78, 5) is 11.9. The highest BCUT2D eigenvalue weighted by Gasteiger charge is 2.17. The van der Waals surface area contributed by atoms with Crippen LogP contribution in [0.5, 0.6) is 0 Å². The van der Waals surface area contributed by atoms with E-state index in [2.05, 4.69) is 22.0 Å². The lowest BCUT2D eigenvalue weighted by molar-refractivity contribution is 0.100. The number of aryl methyl sites for hydroxylation is 1. The monoisotopic (exact) mass is 410 g/mol. The Kier molecular flexibility index (Phi) is 4.04. The summed E-state index contributed by atoms with van der Waals surface area (Å²) in [7, 11) is 0. The predicted octanol–water partition coefficient (Wildman–Crippen LogP) is 5.15. The normalized spacial score (nSPS) is 11.3. The molecule has 5 heteroatoms. The van der Waals surface area contributed by atoms with E-state index < -0.39 is 5.91 Å². The summed E-state index contributed by atoms with van der Waals surface area (Å²) in [5.41, 5.74) is 9.57. The molecule has 0 aliphatic rings. The third kappa shape index (κ3) is 2.69. The summed E-state index contributed by atoms with van der Waals surface area (Å²) in [6.07, 6.45) is 0. The zero-order valence-corrected chi connectivity index (χ0v) is 15.7. The Morgan fingerprint density at radius 1 is 1.12 bits per heavy atom. The summed E-state index contributed by atoms with van der Waals surface area (Å²) in [5.74, 6) is -0.738. The van der Waals surface area contributed by atoms with Crippen LogP contribution in [0.2, 0.25) is 0 Å². The van der Waals surface area contributed by atoms with Crippen molar-refractivity contribution in [3.05, 3.63) is 81.6 Å². The van der Waals surface area contributed by atoms with Crippen molar-refractivity contribution >= 4 is 43.6 Å². The van der Waals surface area contributed by atoms with Gasteiger partial charge in [0, 0.05) is 31.9 Å². The Bertz CT molecular complexity index is 1180. The second-order valence-corrected chi connectivity index (χ2v) is 7.32. The number of benzene rings is 3. The van der Waals surface area contributed by atoms with Gasteiger partial charge in [-0.25, -0.2) is 4.39 Å². The molecule has 0 fully saturated rings. The Morgan fingerprint density at radius 2 is 1.92 bits per heavy atom. The number of halogens is 2. The molecule has 0 saturated heterocycles. The Labute approximate surface area is 158 Å². The molecule has 0 radical (unpaired) electrons. The van der Waals surface area contributed by atoms with E-state index in [9.17, 15) is 9.18 Å². The van der Waals surface area contributed by atoms with Gasteiger partial charge >= 0.3 is 0 Å². The van der Waals surface area contributed by atoms with Crippen LogP contribution in [-0.2, 0) is 6.54 Å². The molecule has 4 rings (SSSR count). The molecule has 0 saturated carbocycles. The van der Waals surface area contributed by atoms with Crippen molar-refractivity contribution in [1.29, 1.82) is 0 Å². The number of aromatic nitrogens is 1. The average molecular weight is 411 g/mol. The fourth-order valence-corrected chi connectivity index (χ4v) is 3.78. The number of primary amides is 1. The molecule has 0 unspecified atom stereocenters. The van der Waals surface area contributed by atoms with Gasteiger partial charge in [0.05, 0.1) is 12.1 Å². The number of hydrogen-bond donors (Lipinski definition) is 1. The molecule has 1 amide bonds. The van der Waals surface area contributed by atoms with E-state index in [0.29, 0.717) is 22.1 Å². The maximum Gasteiger partial charge on any atom is 0.249 e. The summed E-state index contributed by atoms with van der Waals surface area (Å²) in [5, 5.41) is 1.75. The topological polar surface area (TPSA) is 48.0 Å². The molecule has 3 aromatic carbocycles. The van der Waals surface area contributed by atoms with Crippen LogP contribution in [-0.4, -0.2) is 10.5 Å². The van der Waals surface area contributed by atoms with E-state index in [1.807, 2.05) is 41.8 Å².